The average molecular weight is 459 g/mol. The number of carbonyl (C=O) groups is 1. The molecule has 0 aliphatic carbocycles. The standard InChI is InChI=1S/C26H22FN3O4/c1-16-24(31)23(17-4-12-21(33-2)13-5-17)25(30(29-16)20-10-8-19(27)9-11-20)28-26(32)18-6-14-22(34-3)15-7-18/h4-15H,1-3H3,(H,28,32). The van der Waals surface area contributed by atoms with E-state index in [2.05, 4.69) is 10.4 Å². The lowest BCUT2D eigenvalue weighted by atomic mass is 10.0. The van der Waals surface area contributed by atoms with Crippen molar-refractivity contribution in [2.45, 2.75) is 6.92 Å². The highest BCUT2D eigenvalue weighted by molar-refractivity contribution is 6.05. The SMILES string of the molecule is COc1ccc(C(=O)Nc2c(-c3ccc(OC)cc3)c(=O)c(C)nn2-c2ccc(F)cc2)cc1. The molecule has 8 heteroatoms. The summed E-state index contributed by atoms with van der Waals surface area (Å²) in [5.41, 5.74) is 1.54. The Balaban J connectivity index is 1.91. The normalized spacial score (nSPS) is 10.6. The van der Waals surface area contributed by atoms with Crippen molar-refractivity contribution in [3.63, 3.8) is 0 Å². The maximum Gasteiger partial charge on any atom is 0.256 e. The van der Waals surface area contributed by atoms with Gasteiger partial charge in [-0.1, -0.05) is 12.1 Å². The number of hydrogen-bond donors (Lipinski definition) is 1. The van der Waals surface area contributed by atoms with Crippen molar-refractivity contribution >= 4 is 11.7 Å². The number of aromatic nitrogens is 2. The Morgan fingerprint density at radius 1 is 0.882 bits per heavy atom. The van der Waals surface area contributed by atoms with E-state index in [0.717, 1.165) is 0 Å². The number of nitrogens with zero attached hydrogens (tertiary/aromatic N) is 2. The maximum absolute atomic E-state index is 13.6. The number of methoxy groups -OCH3 is 2. The van der Waals surface area contributed by atoms with E-state index < -0.39 is 11.7 Å². The highest BCUT2D eigenvalue weighted by Gasteiger charge is 2.21. The molecule has 0 aliphatic rings. The minimum atomic E-state index is -0.446. The Morgan fingerprint density at radius 3 is 2.00 bits per heavy atom. The predicted molar refractivity (Wildman–Crippen MR) is 127 cm³/mol. The van der Waals surface area contributed by atoms with Gasteiger partial charge in [0.1, 0.15) is 28.8 Å². The summed E-state index contributed by atoms with van der Waals surface area (Å²) in [6.45, 7) is 1.59. The summed E-state index contributed by atoms with van der Waals surface area (Å²) in [5, 5.41) is 7.23. The molecule has 172 valence electrons. The van der Waals surface area contributed by atoms with Crippen LogP contribution in [-0.4, -0.2) is 29.9 Å². The number of ether oxygens (including phenoxy) is 2. The number of halogens is 1. The molecule has 7 nitrogen and oxygen atoms in total. The van der Waals surface area contributed by atoms with Gasteiger partial charge in [-0.3, -0.25) is 9.59 Å². The van der Waals surface area contributed by atoms with Crippen LogP contribution in [0.25, 0.3) is 16.8 Å². The molecule has 0 fully saturated rings. The van der Waals surface area contributed by atoms with Gasteiger partial charge in [0.2, 0.25) is 5.43 Å². The van der Waals surface area contributed by atoms with Gasteiger partial charge in [-0.05, 0) is 73.2 Å². The van der Waals surface area contributed by atoms with Gasteiger partial charge in [-0.2, -0.15) is 5.10 Å². The van der Waals surface area contributed by atoms with E-state index in [1.165, 1.54) is 36.1 Å². The van der Waals surface area contributed by atoms with Crippen LogP contribution in [-0.2, 0) is 0 Å². The first-order valence-corrected chi connectivity index (χ1v) is 10.4. The van der Waals surface area contributed by atoms with Crippen molar-refractivity contribution in [3.05, 3.63) is 100 Å². The summed E-state index contributed by atoms with van der Waals surface area (Å²) >= 11 is 0. The summed E-state index contributed by atoms with van der Waals surface area (Å²) in [4.78, 5) is 26.4. The van der Waals surface area contributed by atoms with E-state index in [1.807, 2.05) is 0 Å². The van der Waals surface area contributed by atoms with Crippen LogP contribution in [0.4, 0.5) is 10.2 Å². The lowest BCUT2D eigenvalue weighted by molar-refractivity contribution is 0.102. The molecule has 0 bridgehead atoms. The third-order valence-electron chi connectivity index (χ3n) is 5.29. The minimum Gasteiger partial charge on any atom is -0.497 e. The van der Waals surface area contributed by atoms with Crippen molar-refractivity contribution in [1.29, 1.82) is 0 Å². The Bertz CT molecular complexity index is 1380. The Hall–Kier alpha value is -4.46. The lowest BCUT2D eigenvalue weighted by Gasteiger charge is -2.18. The van der Waals surface area contributed by atoms with Crippen LogP contribution in [0.1, 0.15) is 16.1 Å². The summed E-state index contributed by atoms with van der Waals surface area (Å²) in [7, 11) is 3.09. The number of amides is 1. The van der Waals surface area contributed by atoms with Gasteiger partial charge in [0.05, 0.1) is 25.5 Å². The molecule has 0 unspecified atom stereocenters. The first-order valence-electron chi connectivity index (χ1n) is 10.4. The molecular weight excluding hydrogens is 437 g/mol. The topological polar surface area (TPSA) is 82.4 Å². The number of nitrogens with one attached hydrogen (secondary N) is 1. The van der Waals surface area contributed by atoms with Crippen LogP contribution >= 0.6 is 0 Å². The third-order valence-corrected chi connectivity index (χ3v) is 5.29. The van der Waals surface area contributed by atoms with E-state index in [4.69, 9.17) is 9.47 Å². The molecule has 1 aromatic heterocycles. The Kier molecular flexibility index (Phi) is 6.40. The highest BCUT2D eigenvalue weighted by Crippen LogP contribution is 2.29. The fourth-order valence-corrected chi connectivity index (χ4v) is 3.47. The molecule has 1 heterocycles. The molecule has 1 amide bonds. The molecule has 0 saturated carbocycles. The van der Waals surface area contributed by atoms with Crippen LogP contribution in [0.15, 0.2) is 77.6 Å². The summed E-state index contributed by atoms with van der Waals surface area (Å²) in [5.74, 6) is 0.528. The van der Waals surface area contributed by atoms with E-state index in [0.29, 0.717) is 28.3 Å². The Morgan fingerprint density at radius 2 is 1.44 bits per heavy atom. The second kappa shape index (κ2) is 9.58. The van der Waals surface area contributed by atoms with Crippen molar-refractivity contribution in [3.8, 4) is 28.3 Å². The molecule has 1 N–H and O–H groups in total. The van der Waals surface area contributed by atoms with Crippen molar-refractivity contribution in [1.82, 2.24) is 9.78 Å². The molecule has 0 aliphatic heterocycles. The zero-order chi connectivity index (χ0) is 24.2. The third kappa shape index (κ3) is 4.52. The lowest BCUT2D eigenvalue weighted by Crippen LogP contribution is -2.25. The number of hydrogen-bond acceptors (Lipinski definition) is 5. The van der Waals surface area contributed by atoms with Crippen LogP contribution in [0.5, 0.6) is 11.5 Å². The van der Waals surface area contributed by atoms with Crippen LogP contribution in [0, 0.1) is 12.7 Å². The molecule has 4 aromatic rings. The zero-order valence-corrected chi connectivity index (χ0v) is 18.8. The number of anilines is 1. The molecular formula is C26H22FN3O4. The van der Waals surface area contributed by atoms with E-state index in [9.17, 15) is 14.0 Å². The molecule has 3 aromatic carbocycles. The Labute approximate surface area is 195 Å². The smallest absolute Gasteiger partial charge is 0.256 e. The largest absolute Gasteiger partial charge is 0.497 e. The monoisotopic (exact) mass is 459 g/mol. The first-order chi connectivity index (χ1) is 16.4. The van der Waals surface area contributed by atoms with Gasteiger partial charge >= 0.3 is 0 Å². The molecule has 0 atom stereocenters. The second-order valence-electron chi connectivity index (χ2n) is 7.44. The quantitative estimate of drug-likeness (QED) is 0.455. The van der Waals surface area contributed by atoms with Gasteiger partial charge in [0.25, 0.3) is 5.91 Å². The van der Waals surface area contributed by atoms with Gasteiger partial charge in [-0.15, -0.1) is 0 Å². The molecule has 0 saturated heterocycles. The molecule has 0 spiro atoms. The molecule has 4 rings (SSSR count). The van der Waals surface area contributed by atoms with E-state index in [1.54, 1.807) is 62.6 Å². The second-order valence-corrected chi connectivity index (χ2v) is 7.44. The predicted octanol–water partition coefficient (Wildman–Crippen LogP) is 4.62. The first kappa shape index (κ1) is 22.7. The highest BCUT2D eigenvalue weighted by atomic mass is 19.1. The van der Waals surface area contributed by atoms with Crippen LogP contribution < -0.4 is 20.2 Å². The number of aryl methyl sites for hydroxylation is 1. The van der Waals surface area contributed by atoms with E-state index >= 15 is 0 Å². The van der Waals surface area contributed by atoms with Gasteiger partial charge in [0.15, 0.2) is 0 Å². The minimum absolute atomic E-state index is 0.160. The number of rotatable bonds is 6. The summed E-state index contributed by atoms with van der Waals surface area (Å²) < 4.78 is 25.4. The summed E-state index contributed by atoms with van der Waals surface area (Å²) in [6, 6.07) is 19.1. The number of benzene rings is 3. The molecule has 34 heavy (non-hydrogen) atoms. The maximum atomic E-state index is 13.6. The van der Waals surface area contributed by atoms with Gasteiger partial charge in [-0.25, -0.2) is 9.07 Å². The summed E-state index contributed by atoms with van der Waals surface area (Å²) in [6.07, 6.45) is 0. The zero-order valence-electron chi connectivity index (χ0n) is 18.8. The average Bonchev–Trinajstić information content (AvgIpc) is 2.87. The van der Waals surface area contributed by atoms with E-state index in [-0.39, 0.29) is 22.5 Å². The van der Waals surface area contributed by atoms with Crippen molar-refractivity contribution in [2.24, 2.45) is 0 Å². The van der Waals surface area contributed by atoms with Crippen LogP contribution in [0.3, 0.4) is 0 Å². The van der Waals surface area contributed by atoms with Crippen molar-refractivity contribution < 1.29 is 18.7 Å². The van der Waals surface area contributed by atoms with Gasteiger partial charge in [0, 0.05) is 5.56 Å². The fraction of sp³-hybridized carbons (Fsp3) is 0.115. The number of carbonyl (C=O) groups excluding carboxylic acids is 1. The fourth-order valence-electron chi connectivity index (χ4n) is 3.47. The molecule has 0 radical (unpaired) electrons. The van der Waals surface area contributed by atoms with Crippen LogP contribution in [0.2, 0.25) is 0 Å². The van der Waals surface area contributed by atoms with Gasteiger partial charge < -0.3 is 14.8 Å². The van der Waals surface area contributed by atoms with Crippen molar-refractivity contribution in [2.75, 3.05) is 19.5 Å².